The van der Waals surface area contributed by atoms with Crippen LogP contribution in [0.3, 0.4) is 0 Å². The fourth-order valence-electron chi connectivity index (χ4n) is 6.20. The summed E-state index contributed by atoms with van der Waals surface area (Å²) in [6.45, 7) is 3.22. The summed E-state index contributed by atoms with van der Waals surface area (Å²) in [5.74, 6) is 0.849. The van der Waals surface area contributed by atoms with Crippen LogP contribution in [-0.4, -0.2) is 35.3 Å². The zero-order valence-electron chi connectivity index (χ0n) is 22.6. The minimum Gasteiger partial charge on any atom is -0.451 e. The lowest BCUT2D eigenvalue weighted by Gasteiger charge is -2.26. The van der Waals surface area contributed by atoms with E-state index in [-0.39, 0.29) is 29.0 Å². The molecule has 3 aromatic carbocycles. The molecule has 1 aromatic heterocycles. The average molecular weight is 544 g/mol. The number of halogens is 1. The number of benzene rings is 3. The fourth-order valence-corrected chi connectivity index (χ4v) is 6.20. The summed E-state index contributed by atoms with van der Waals surface area (Å²) in [7, 11) is 0. The number of hydrogen-bond donors (Lipinski definition) is 3. The number of nitrogens with zero attached hydrogens (tertiary/aromatic N) is 1. The molecular formula is C32H34FN3O4. The molecule has 0 saturated heterocycles. The van der Waals surface area contributed by atoms with Crippen molar-refractivity contribution in [1.29, 1.82) is 0 Å². The van der Waals surface area contributed by atoms with Crippen LogP contribution in [0, 0.1) is 17.7 Å². The molecule has 1 amide bonds. The van der Waals surface area contributed by atoms with Crippen LogP contribution in [0.1, 0.15) is 55.8 Å². The number of rotatable bonds is 9. The first-order chi connectivity index (χ1) is 19.5. The molecule has 1 saturated carbocycles. The van der Waals surface area contributed by atoms with Gasteiger partial charge >= 0.3 is 0 Å². The van der Waals surface area contributed by atoms with Gasteiger partial charge in [-0.25, -0.2) is 4.39 Å². The number of pyridine rings is 1. The lowest BCUT2D eigenvalue weighted by Crippen LogP contribution is -2.32. The number of carbonyl (C=O) groups is 1. The third-order valence-corrected chi connectivity index (χ3v) is 8.47. The monoisotopic (exact) mass is 543 g/mol. The zero-order chi connectivity index (χ0) is 27.8. The Labute approximate surface area is 232 Å². The number of fused-ring (bicyclic) bond motifs is 3. The van der Waals surface area contributed by atoms with Crippen molar-refractivity contribution in [2.45, 2.75) is 45.4 Å². The number of aliphatic hydroxyl groups excluding tert-OH is 1. The lowest BCUT2D eigenvalue weighted by atomic mass is 9.95. The summed E-state index contributed by atoms with van der Waals surface area (Å²) in [5.41, 5.74) is 0.679. The van der Waals surface area contributed by atoms with Crippen molar-refractivity contribution in [3.05, 3.63) is 70.3 Å². The first-order valence-electron chi connectivity index (χ1n) is 14.2. The van der Waals surface area contributed by atoms with E-state index >= 15 is 4.39 Å². The number of carbonyl (C=O) groups excluding carboxylic acids is 1. The van der Waals surface area contributed by atoms with E-state index in [0.29, 0.717) is 54.7 Å². The highest BCUT2D eigenvalue weighted by molar-refractivity contribution is 6.02. The van der Waals surface area contributed by atoms with Gasteiger partial charge in [-0.1, -0.05) is 50.5 Å². The van der Waals surface area contributed by atoms with Gasteiger partial charge in [-0.15, -0.1) is 0 Å². The molecule has 6 rings (SSSR count). The Morgan fingerprint density at radius 2 is 1.93 bits per heavy atom. The number of anilines is 1. The molecule has 2 heterocycles. The Bertz CT molecular complexity index is 1660. The van der Waals surface area contributed by atoms with Gasteiger partial charge in [0, 0.05) is 25.9 Å². The van der Waals surface area contributed by atoms with E-state index in [4.69, 9.17) is 9.84 Å². The number of aromatic nitrogens is 1. The maximum atomic E-state index is 15.5. The van der Waals surface area contributed by atoms with E-state index < -0.39 is 17.2 Å². The highest BCUT2D eigenvalue weighted by Crippen LogP contribution is 2.46. The SMILES string of the molecule is CC1CCCC1CCNC(=O)c1cn2c3c(c(NCCCCO)c(F)cc3c1=O)Oc1cc3ccccc3cc1-2. The topological polar surface area (TPSA) is 92.6 Å². The van der Waals surface area contributed by atoms with Gasteiger partial charge in [0.05, 0.1) is 11.1 Å². The van der Waals surface area contributed by atoms with Crippen LogP contribution < -0.4 is 20.8 Å². The molecular weight excluding hydrogens is 509 g/mol. The number of ether oxygens (including phenoxy) is 1. The van der Waals surface area contributed by atoms with E-state index in [2.05, 4.69) is 17.6 Å². The number of nitrogens with one attached hydrogen (secondary N) is 2. The van der Waals surface area contributed by atoms with Crippen molar-refractivity contribution in [1.82, 2.24) is 9.88 Å². The summed E-state index contributed by atoms with van der Waals surface area (Å²) >= 11 is 0. The predicted octanol–water partition coefficient (Wildman–Crippen LogP) is 6.13. The summed E-state index contributed by atoms with van der Waals surface area (Å²) in [4.78, 5) is 27.0. The molecule has 4 aromatic rings. The van der Waals surface area contributed by atoms with Crippen LogP contribution >= 0.6 is 0 Å². The Morgan fingerprint density at radius 1 is 1.12 bits per heavy atom. The van der Waals surface area contributed by atoms with Crippen molar-refractivity contribution in [2.75, 3.05) is 25.0 Å². The third kappa shape index (κ3) is 4.70. The Balaban J connectivity index is 1.45. The zero-order valence-corrected chi connectivity index (χ0v) is 22.6. The minimum absolute atomic E-state index is 0.0259. The number of hydrogen-bond acceptors (Lipinski definition) is 5. The van der Waals surface area contributed by atoms with E-state index in [1.54, 1.807) is 10.8 Å². The van der Waals surface area contributed by atoms with Gasteiger partial charge in [-0.2, -0.15) is 0 Å². The molecule has 7 nitrogen and oxygen atoms in total. The van der Waals surface area contributed by atoms with Gasteiger partial charge in [0.1, 0.15) is 16.8 Å². The Hall–Kier alpha value is -3.91. The molecule has 2 unspecified atom stereocenters. The van der Waals surface area contributed by atoms with Gasteiger partial charge in [-0.3, -0.25) is 9.59 Å². The molecule has 208 valence electrons. The molecule has 0 radical (unpaired) electrons. The van der Waals surface area contributed by atoms with Gasteiger partial charge in [0.2, 0.25) is 5.43 Å². The smallest absolute Gasteiger partial charge is 0.256 e. The van der Waals surface area contributed by atoms with E-state index in [1.807, 2.05) is 36.4 Å². The van der Waals surface area contributed by atoms with E-state index in [1.165, 1.54) is 25.3 Å². The van der Waals surface area contributed by atoms with Gasteiger partial charge in [-0.05, 0) is 60.1 Å². The average Bonchev–Trinajstić information content (AvgIpc) is 3.36. The standard InChI is InChI=1S/C32H34FN3O4/c1-19-7-6-10-20(19)11-13-35-32(39)24-18-36-26-15-21-8-2-3-9-22(21)16-27(26)40-31-28(34-12-4-5-14-37)25(33)17-23(29(31)36)30(24)38/h2-3,8-9,15-20,34,37H,4-7,10-14H2,1H3,(H,35,39). The first-order valence-corrected chi connectivity index (χ1v) is 14.2. The normalized spacial score (nSPS) is 17.6. The van der Waals surface area contributed by atoms with Crippen molar-refractivity contribution < 1.29 is 19.0 Å². The minimum atomic E-state index is -0.632. The highest BCUT2D eigenvalue weighted by atomic mass is 19.1. The van der Waals surface area contributed by atoms with Gasteiger partial charge in [0.25, 0.3) is 5.91 Å². The second-order valence-corrected chi connectivity index (χ2v) is 11.0. The fraction of sp³-hybridized carbons (Fsp3) is 0.375. The van der Waals surface area contributed by atoms with E-state index in [9.17, 15) is 9.59 Å². The van der Waals surface area contributed by atoms with Crippen LogP contribution in [0.2, 0.25) is 0 Å². The molecule has 0 bridgehead atoms. The summed E-state index contributed by atoms with van der Waals surface area (Å²) in [5, 5.41) is 17.2. The quantitative estimate of drug-likeness (QED) is 0.195. The summed E-state index contributed by atoms with van der Waals surface area (Å²) in [6.07, 6.45) is 7.26. The van der Waals surface area contributed by atoms with Crippen LogP contribution in [0.15, 0.2) is 53.5 Å². The maximum Gasteiger partial charge on any atom is 0.256 e. The van der Waals surface area contributed by atoms with Crippen LogP contribution in [0.5, 0.6) is 11.5 Å². The van der Waals surface area contributed by atoms with Crippen LogP contribution in [0.25, 0.3) is 27.4 Å². The second-order valence-electron chi connectivity index (χ2n) is 11.0. The summed E-state index contributed by atoms with van der Waals surface area (Å²) < 4.78 is 23.6. The van der Waals surface area contributed by atoms with Gasteiger partial charge in [0.15, 0.2) is 17.3 Å². The highest BCUT2D eigenvalue weighted by Gasteiger charge is 2.29. The predicted molar refractivity (Wildman–Crippen MR) is 155 cm³/mol. The number of aliphatic hydroxyl groups is 1. The van der Waals surface area contributed by atoms with Crippen LogP contribution in [0.4, 0.5) is 10.1 Å². The Morgan fingerprint density at radius 3 is 2.67 bits per heavy atom. The Kier molecular flexibility index (Phi) is 7.19. The van der Waals surface area contributed by atoms with Crippen molar-refractivity contribution in [3.63, 3.8) is 0 Å². The van der Waals surface area contributed by atoms with Crippen LogP contribution in [-0.2, 0) is 0 Å². The largest absolute Gasteiger partial charge is 0.451 e. The molecule has 8 heteroatoms. The number of unbranched alkanes of at least 4 members (excludes halogenated alkanes) is 1. The number of amides is 1. The molecule has 40 heavy (non-hydrogen) atoms. The maximum absolute atomic E-state index is 15.5. The molecule has 1 aliphatic heterocycles. The summed E-state index contributed by atoms with van der Waals surface area (Å²) in [6, 6.07) is 12.9. The van der Waals surface area contributed by atoms with Crippen molar-refractivity contribution >= 4 is 33.3 Å². The molecule has 3 N–H and O–H groups in total. The lowest BCUT2D eigenvalue weighted by molar-refractivity contribution is 0.0949. The molecule has 2 aliphatic rings. The molecule has 2 atom stereocenters. The molecule has 1 fully saturated rings. The van der Waals surface area contributed by atoms with E-state index in [0.717, 1.165) is 17.2 Å². The first kappa shape index (κ1) is 26.3. The second kappa shape index (κ2) is 10.9. The third-order valence-electron chi connectivity index (χ3n) is 8.47. The van der Waals surface area contributed by atoms with Gasteiger partial charge < -0.3 is 25.0 Å². The van der Waals surface area contributed by atoms with Crippen molar-refractivity contribution in [3.8, 4) is 17.2 Å². The molecule has 0 spiro atoms. The van der Waals surface area contributed by atoms with Crippen molar-refractivity contribution in [2.24, 2.45) is 11.8 Å². The molecule has 1 aliphatic carbocycles.